The quantitative estimate of drug-likeness (QED) is 0.667. The van der Waals surface area contributed by atoms with Crippen molar-refractivity contribution in [3.05, 3.63) is 64.2 Å². The predicted octanol–water partition coefficient (Wildman–Crippen LogP) is 3.37. The highest BCUT2D eigenvalue weighted by Gasteiger charge is 2.12. The second-order valence-electron chi connectivity index (χ2n) is 5.43. The average molecular weight is 394 g/mol. The van der Waals surface area contributed by atoms with Gasteiger partial charge in [-0.3, -0.25) is 9.48 Å². The molecule has 2 heterocycles. The Hall–Kier alpha value is -2.51. The van der Waals surface area contributed by atoms with Gasteiger partial charge in [0.05, 0.1) is 11.6 Å². The van der Waals surface area contributed by atoms with E-state index in [4.69, 9.17) is 27.9 Å². The van der Waals surface area contributed by atoms with Crippen molar-refractivity contribution in [1.29, 1.82) is 0 Å². The molecule has 0 radical (unpaired) electrons. The highest BCUT2D eigenvalue weighted by atomic mass is 35.5. The molecule has 136 valence electrons. The van der Waals surface area contributed by atoms with E-state index in [2.05, 4.69) is 15.5 Å². The second kappa shape index (κ2) is 8.25. The lowest BCUT2D eigenvalue weighted by molar-refractivity contribution is 0.0943. The van der Waals surface area contributed by atoms with Crippen LogP contribution in [-0.4, -0.2) is 25.5 Å². The second-order valence-corrected chi connectivity index (χ2v) is 6.28. The molecule has 0 saturated heterocycles. The van der Waals surface area contributed by atoms with E-state index in [9.17, 15) is 4.79 Å². The summed E-state index contributed by atoms with van der Waals surface area (Å²) in [4.78, 5) is 12.2. The van der Waals surface area contributed by atoms with Crippen molar-refractivity contribution in [2.24, 2.45) is 0 Å². The summed E-state index contributed by atoms with van der Waals surface area (Å²) in [6.45, 7) is 3.07. The standard InChI is InChI=1S/C17H17Cl2N5O2/c1-2-23-10-14(19)16(22-23)9-20-17(25)15-6-7-24(21-15)11-26-13-5-3-4-12(18)8-13/h3-8,10H,2,9,11H2,1H3,(H,20,25). The molecule has 0 saturated carbocycles. The van der Waals surface area contributed by atoms with Crippen LogP contribution in [0.4, 0.5) is 0 Å². The van der Waals surface area contributed by atoms with Crippen LogP contribution in [0.1, 0.15) is 23.1 Å². The first-order valence-corrected chi connectivity index (χ1v) is 8.72. The molecule has 0 aliphatic heterocycles. The van der Waals surface area contributed by atoms with Gasteiger partial charge in [-0.2, -0.15) is 10.2 Å². The zero-order valence-corrected chi connectivity index (χ0v) is 15.5. The van der Waals surface area contributed by atoms with Crippen molar-refractivity contribution in [3.63, 3.8) is 0 Å². The predicted molar refractivity (Wildman–Crippen MR) is 98.4 cm³/mol. The molecule has 2 aromatic heterocycles. The normalized spacial score (nSPS) is 10.7. The molecule has 0 spiro atoms. The summed E-state index contributed by atoms with van der Waals surface area (Å²) in [6, 6.07) is 8.67. The number of benzene rings is 1. The summed E-state index contributed by atoms with van der Waals surface area (Å²) < 4.78 is 8.82. The number of rotatable bonds is 7. The first-order chi connectivity index (χ1) is 12.5. The van der Waals surface area contributed by atoms with Crippen molar-refractivity contribution in [2.75, 3.05) is 0 Å². The number of hydrogen-bond acceptors (Lipinski definition) is 4. The topological polar surface area (TPSA) is 74.0 Å². The zero-order chi connectivity index (χ0) is 18.5. The van der Waals surface area contributed by atoms with Gasteiger partial charge in [-0.1, -0.05) is 29.3 Å². The molecular weight excluding hydrogens is 377 g/mol. The number of amides is 1. The maximum atomic E-state index is 12.2. The van der Waals surface area contributed by atoms with E-state index in [1.165, 1.54) is 4.68 Å². The minimum Gasteiger partial charge on any atom is -0.471 e. The molecule has 3 aromatic rings. The average Bonchev–Trinajstić information content (AvgIpc) is 3.24. The van der Waals surface area contributed by atoms with Gasteiger partial charge in [0.25, 0.3) is 5.91 Å². The first kappa shape index (κ1) is 18.3. The molecule has 3 rings (SSSR count). The minimum atomic E-state index is -0.311. The van der Waals surface area contributed by atoms with Gasteiger partial charge < -0.3 is 10.1 Å². The third-order valence-electron chi connectivity index (χ3n) is 3.56. The number of hydrogen-bond donors (Lipinski definition) is 1. The van der Waals surface area contributed by atoms with Crippen molar-refractivity contribution in [1.82, 2.24) is 24.9 Å². The Morgan fingerprint density at radius 2 is 2.08 bits per heavy atom. The van der Waals surface area contributed by atoms with E-state index in [1.54, 1.807) is 47.4 Å². The molecule has 7 nitrogen and oxygen atoms in total. The highest BCUT2D eigenvalue weighted by Crippen LogP contribution is 2.17. The van der Waals surface area contributed by atoms with E-state index in [-0.39, 0.29) is 24.9 Å². The lowest BCUT2D eigenvalue weighted by Gasteiger charge is -2.06. The van der Waals surface area contributed by atoms with E-state index in [1.807, 2.05) is 6.92 Å². The summed E-state index contributed by atoms with van der Waals surface area (Å²) in [5, 5.41) is 12.3. The molecule has 0 fully saturated rings. The van der Waals surface area contributed by atoms with E-state index >= 15 is 0 Å². The Balaban J connectivity index is 1.54. The van der Waals surface area contributed by atoms with Gasteiger partial charge in [0.2, 0.25) is 0 Å². The molecule has 0 unspecified atom stereocenters. The van der Waals surface area contributed by atoms with Crippen LogP contribution in [0, 0.1) is 0 Å². The largest absolute Gasteiger partial charge is 0.471 e. The molecule has 0 atom stereocenters. The molecule has 1 N–H and O–H groups in total. The summed E-state index contributed by atoms with van der Waals surface area (Å²) in [7, 11) is 0. The van der Waals surface area contributed by atoms with E-state index < -0.39 is 0 Å². The van der Waals surface area contributed by atoms with Gasteiger partial charge in [0, 0.05) is 24.0 Å². The monoisotopic (exact) mass is 393 g/mol. The Morgan fingerprint density at radius 3 is 2.81 bits per heavy atom. The van der Waals surface area contributed by atoms with E-state index in [0.717, 1.165) is 0 Å². The van der Waals surface area contributed by atoms with Gasteiger partial charge in [0.1, 0.15) is 17.1 Å². The fourth-order valence-electron chi connectivity index (χ4n) is 2.23. The Labute approximate surface area is 160 Å². The molecule has 0 aliphatic rings. The first-order valence-electron chi connectivity index (χ1n) is 7.97. The Bertz CT molecular complexity index is 906. The van der Waals surface area contributed by atoms with Crippen LogP contribution < -0.4 is 10.1 Å². The van der Waals surface area contributed by atoms with Crippen LogP contribution in [0.2, 0.25) is 10.0 Å². The van der Waals surface area contributed by atoms with Crippen LogP contribution in [0.25, 0.3) is 0 Å². The molecule has 26 heavy (non-hydrogen) atoms. The van der Waals surface area contributed by atoms with Gasteiger partial charge >= 0.3 is 0 Å². The Morgan fingerprint density at radius 1 is 1.23 bits per heavy atom. The van der Waals surface area contributed by atoms with E-state index in [0.29, 0.717) is 28.0 Å². The number of ether oxygens (including phenoxy) is 1. The van der Waals surface area contributed by atoms with Gasteiger partial charge in [-0.25, -0.2) is 4.68 Å². The molecule has 1 amide bonds. The SMILES string of the molecule is CCn1cc(Cl)c(CNC(=O)c2ccn(COc3cccc(Cl)c3)n2)n1. The maximum Gasteiger partial charge on any atom is 0.272 e. The van der Waals surface area contributed by atoms with Gasteiger partial charge in [-0.05, 0) is 31.2 Å². The number of carbonyl (C=O) groups is 1. The zero-order valence-electron chi connectivity index (χ0n) is 14.0. The van der Waals surface area contributed by atoms with Crippen molar-refractivity contribution in [3.8, 4) is 5.75 Å². The van der Waals surface area contributed by atoms with Crippen LogP contribution in [0.5, 0.6) is 5.75 Å². The fourth-order valence-corrected chi connectivity index (χ4v) is 2.62. The van der Waals surface area contributed by atoms with Crippen molar-refractivity contribution >= 4 is 29.1 Å². The fraction of sp³-hybridized carbons (Fsp3) is 0.235. The summed E-state index contributed by atoms with van der Waals surface area (Å²) in [5.74, 6) is 0.314. The minimum absolute atomic E-state index is 0.167. The molecule has 0 bridgehead atoms. The lowest BCUT2D eigenvalue weighted by atomic mass is 10.3. The highest BCUT2D eigenvalue weighted by molar-refractivity contribution is 6.31. The van der Waals surface area contributed by atoms with Crippen molar-refractivity contribution in [2.45, 2.75) is 26.7 Å². The third kappa shape index (κ3) is 4.56. The van der Waals surface area contributed by atoms with Crippen molar-refractivity contribution < 1.29 is 9.53 Å². The smallest absolute Gasteiger partial charge is 0.272 e. The number of nitrogens with zero attached hydrogens (tertiary/aromatic N) is 4. The summed E-state index contributed by atoms with van der Waals surface area (Å²) in [6.07, 6.45) is 3.39. The van der Waals surface area contributed by atoms with Gasteiger partial charge in [0.15, 0.2) is 6.73 Å². The molecule has 9 heteroatoms. The van der Waals surface area contributed by atoms with Crippen LogP contribution >= 0.6 is 23.2 Å². The lowest BCUT2D eigenvalue weighted by Crippen LogP contribution is -2.24. The number of nitrogens with one attached hydrogen (secondary N) is 1. The summed E-state index contributed by atoms with van der Waals surface area (Å²) >= 11 is 12.0. The summed E-state index contributed by atoms with van der Waals surface area (Å²) in [5.41, 5.74) is 0.899. The third-order valence-corrected chi connectivity index (χ3v) is 4.11. The van der Waals surface area contributed by atoms with Crippen LogP contribution in [0.3, 0.4) is 0 Å². The number of aryl methyl sites for hydroxylation is 1. The van der Waals surface area contributed by atoms with Crippen LogP contribution in [0.15, 0.2) is 42.7 Å². The maximum absolute atomic E-state index is 12.2. The number of halogens is 2. The molecule has 0 aliphatic carbocycles. The molecule has 1 aromatic carbocycles. The number of aromatic nitrogens is 4. The molecular formula is C17H17Cl2N5O2. The number of carbonyl (C=O) groups excluding carboxylic acids is 1. The van der Waals surface area contributed by atoms with Crippen LogP contribution in [-0.2, 0) is 19.8 Å². The van der Waals surface area contributed by atoms with Gasteiger partial charge in [-0.15, -0.1) is 0 Å². The Kier molecular flexibility index (Phi) is 5.80.